The van der Waals surface area contributed by atoms with Gasteiger partial charge in [-0.2, -0.15) is 0 Å². The van der Waals surface area contributed by atoms with Gasteiger partial charge in [-0.15, -0.1) is 0 Å². The van der Waals surface area contributed by atoms with Crippen molar-refractivity contribution >= 4 is 43.5 Å². The van der Waals surface area contributed by atoms with Crippen molar-refractivity contribution in [2.45, 2.75) is 4.90 Å². The number of pyridine rings is 1. The van der Waals surface area contributed by atoms with Gasteiger partial charge in [-0.05, 0) is 40.8 Å². The van der Waals surface area contributed by atoms with Crippen LogP contribution >= 0.6 is 22.6 Å². The average Bonchev–Trinajstić information content (AvgIpc) is 2.79. The lowest BCUT2D eigenvalue weighted by Crippen LogP contribution is -2.11. The molecule has 0 saturated heterocycles. The van der Waals surface area contributed by atoms with Crippen molar-refractivity contribution in [2.75, 3.05) is 0 Å². The third-order valence-corrected chi connectivity index (χ3v) is 5.37. The molecule has 0 unspecified atom stereocenters. The van der Waals surface area contributed by atoms with Gasteiger partial charge in [0, 0.05) is 21.4 Å². The molecule has 0 fully saturated rings. The van der Waals surface area contributed by atoms with E-state index in [1.807, 2.05) is 6.07 Å². The Labute approximate surface area is 124 Å². The van der Waals surface area contributed by atoms with Crippen LogP contribution in [0.4, 0.5) is 0 Å². The largest absolute Gasteiger partial charge is 0.268 e. The second kappa shape index (κ2) is 4.61. The summed E-state index contributed by atoms with van der Waals surface area (Å²) in [5.74, 6) is 0. The normalized spacial score (nSPS) is 11.8. The summed E-state index contributed by atoms with van der Waals surface area (Å²) in [4.78, 5) is 4.28. The standard InChI is InChI=1S/C13H9IN2O2S/c14-12-9-16(13-8-15-7-6-11(12)13)19(17,18)10-4-2-1-3-5-10/h1-9H. The van der Waals surface area contributed by atoms with Crippen molar-refractivity contribution in [2.24, 2.45) is 0 Å². The summed E-state index contributed by atoms with van der Waals surface area (Å²) in [5, 5.41) is 0.884. The minimum Gasteiger partial charge on any atom is -0.262 e. The zero-order valence-corrected chi connectivity index (χ0v) is 12.7. The predicted molar refractivity (Wildman–Crippen MR) is 81.5 cm³/mol. The van der Waals surface area contributed by atoms with Gasteiger partial charge < -0.3 is 0 Å². The van der Waals surface area contributed by atoms with Crippen molar-refractivity contribution in [1.82, 2.24) is 8.96 Å². The first-order chi connectivity index (χ1) is 9.10. The van der Waals surface area contributed by atoms with E-state index in [0.717, 1.165) is 8.96 Å². The lowest BCUT2D eigenvalue weighted by Gasteiger charge is -2.06. The highest BCUT2D eigenvalue weighted by molar-refractivity contribution is 14.1. The third kappa shape index (κ3) is 2.04. The van der Waals surface area contributed by atoms with Gasteiger partial charge in [0.25, 0.3) is 10.0 Å². The van der Waals surface area contributed by atoms with Crippen molar-refractivity contribution < 1.29 is 8.42 Å². The maximum absolute atomic E-state index is 12.6. The second-order valence-corrected chi connectivity index (χ2v) is 6.96. The van der Waals surface area contributed by atoms with Gasteiger partial charge in [-0.1, -0.05) is 18.2 Å². The Morgan fingerprint density at radius 1 is 1.11 bits per heavy atom. The van der Waals surface area contributed by atoms with E-state index in [2.05, 4.69) is 27.6 Å². The summed E-state index contributed by atoms with van der Waals surface area (Å²) in [7, 11) is -3.57. The summed E-state index contributed by atoms with van der Waals surface area (Å²) >= 11 is 2.13. The van der Waals surface area contributed by atoms with E-state index < -0.39 is 10.0 Å². The first kappa shape index (κ1) is 12.6. The number of halogens is 1. The smallest absolute Gasteiger partial charge is 0.262 e. The highest BCUT2D eigenvalue weighted by Gasteiger charge is 2.20. The molecule has 0 amide bonds. The molecule has 2 heterocycles. The SMILES string of the molecule is O=S(=O)(c1ccccc1)n1cc(I)c2ccncc21. The lowest BCUT2D eigenvalue weighted by atomic mass is 10.3. The van der Waals surface area contributed by atoms with Crippen molar-refractivity contribution in [1.29, 1.82) is 0 Å². The molecule has 3 aromatic rings. The average molecular weight is 384 g/mol. The van der Waals surface area contributed by atoms with Crippen LogP contribution in [0.1, 0.15) is 0 Å². The Morgan fingerprint density at radius 3 is 2.58 bits per heavy atom. The van der Waals surface area contributed by atoms with Crippen LogP contribution < -0.4 is 0 Å². The van der Waals surface area contributed by atoms with E-state index in [-0.39, 0.29) is 4.90 Å². The van der Waals surface area contributed by atoms with Crippen LogP contribution in [-0.4, -0.2) is 17.4 Å². The third-order valence-electron chi connectivity index (χ3n) is 2.83. The molecule has 4 nitrogen and oxygen atoms in total. The zero-order valence-electron chi connectivity index (χ0n) is 9.69. The van der Waals surface area contributed by atoms with E-state index in [1.54, 1.807) is 48.9 Å². The molecule has 0 atom stereocenters. The quantitative estimate of drug-likeness (QED) is 0.639. The first-order valence-corrected chi connectivity index (χ1v) is 8.04. The number of hydrogen-bond donors (Lipinski definition) is 0. The monoisotopic (exact) mass is 384 g/mol. The van der Waals surface area contributed by atoms with Crippen molar-refractivity contribution in [3.63, 3.8) is 0 Å². The van der Waals surface area contributed by atoms with Gasteiger partial charge in [0.15, 0.2) is 0 Å². The number of fused-ring (bicyclic) bond motifs is 1. The number of aromatic nitrogens is 2. The molecule has 0 bridgehead atoms. The van der Waals surface area contributed by atoms with Gasteiger partial charge in [0.2, 0.25) is 0 Å². The van der Waals surface area contributed by atoms with Crippen LogP contribution in [0.3, 0.4) is 0 Å². The summed E-state index contributed by atoms with van der Waals surface area (Å²) < 4.78 is 27.4. The summed E-state index contributed by atoms with van der Waals surface area (Å²) in [5.41, 5.74) is 0.593. The first-order valence-electron chi connectivity index (χ1n) is 5.52. The molecule has 19 heavy (non-hydrogen) atoms. The molecule has 0 N–H and O–H groups in total. The molecule has 2 aromatic heterocycles. The number of nitrogens with zero attached hydrogens (tertiary/aromatic N) is 2. The van der Waals surface area contributed by atoms with Crippen LogP contribution in [0.15, 0.2) is 59.9 Å². The van der Waals surface area contributed by atoms with Crippen molar-refractivity contribution in [3.8, 4) is 0 Å². The minimum atomic E-state index is -3.57. The number of benzene rings is 1. The molecule has 0 spiro atoms. The topological polar surface area (TPSA) is 52.0 Å². The molecule has 0 radical (unpaired) electrons. The van der Waals surface area contributed by atoms with Gasteiger partial charge in [-0.3, -0.25) is 4.98 Å². The Kier molecular flexibility index (Phi) is 3.06. The van der Waals surface area contributed by atoms with E-state index in [4.69, 9.17) is 0 Å². The fraction of sp³-hybridized carbons (Fsp3) is 0. The van der Waals surface area contributed by atoms with Gasteiger partial charge >= 0.3 is 0 Å². The van der Waals surface area contributed by atoms with Crippen molar-refractivity contribution in [3.05, 3.63) is 58.6 Å². The van der Waals surface area contributed by atoms with E-state index in [1.165, 1.54) is 3.97 Å². The summed E-state index contributed by atoms with van der Waals surface area (Å²) in [6.07, 6.45) is 4.84. The van der Waals surface area contributed by atoms with E-state index >= 15 is 0 Å². The fourth-order valence-corrected chi connectivity index (χ4v) is 4.21. The highest BCUT2D eigenvalue weighted by atomic mass is 127. The van der Waals surface area contributed by atoms with E-state index in [9.17, 15) is 8.42 Å². The molecule has 3 rings (SSSR count). The second-order valence-electron chi connectivity index (χ2n) is 3.98. The predicted octanol–water partition coefficient (Wildman–Crippen LogP) is 2.88. The Bertz CT molecular complexity index is 841. The Balaban J connectivity index is 2.31. The lowest BCUT2D eigenvalue weighted by molar-refractivity contribution is 0.589. The highest BCUT2D eigenvalue weighted by Crippen LogP contribution is 2.26. The molecule has 96 valence electrons. The van der Waals surface area contributed by atoms with Gasteiger partial charge in [0.05, 0.1) is 16.6 Å². The van der Waals surface area contributed by atoms with Gasteiger partial charge in [0.1, 0.15) is 0 Å². The molecule has 6 heteroatoms. The zero-order chi connectivity index (χ0) is 13.5. The molecule has 1 aromatic carbocycles. The Hall–Kier alpha value is -1.41. The number of hydrogen-bond acceptors (Lipinski definition) is 3. The summed E-state index contributed by atoms with van der Waals surface area (Å²) in [6.45, 7) is 0. The molecule has 0 aliphatic heterocycles. The minimum absolute atomic E-state index is 0.271. The molecule has 0 aliphatic carbocycles. The van der Waals surface area contributed by atoms with Crippen LogP contribution in [0.25, 0.3) is 10.9 Å². The Morgan fingerprint density at radius 2 is 1.84 bits per heavy atom. The van der Waals surface area contributed by atoms with Crippen LogP contribution in [0.5, 0.6) is 0 Å². The fourth-order valence-electron chi connectivity index (χ4n) is 1.91. The molecule has 0 saturated carbocycles. The van der Waals surface area contributed by atoms with Crippen LogP contribution in [0.2, 0.25) is 0 Å². The van der Waals surface area contributed by atoms with Crippen LogP contribution in [0, 0.1) is 3.57 Å². The van der Waals surface area contributed by atoms with E-state index in [0.29, 0.717) is 5.52 Å². The van der Waals surface area contributed by atoms with Crippen LogP contribution in [-0.2, 0) is 10.0 Å². The number of rotatable bonds is 2. The summed E-state index contributed by atoms with van der Waals surface area (Å²) in [6, 6.07) is 10.2. The molecular formula is C13H9IN2O2S. The molecule has 0 aliphatic rings. The molecular weight excluding hydrogens is 375 g/mol. The van der Waals surface area contributed by atoms with Gasteiger partial charge in [-0.25, -0.2) is 12.4 Å². The maximum Gasteiger partial charge on any atom is 0.268 e. The maximum atomic E-state index is 12.6.